The van der Waals surface area contributed by atoms with E-state index in [-0.39, 0.29) is 12.6 Å². The Labute approximate surface area is 115 Å². The maximum atomic E-state index is 13.2. The van der Waals surface area contributed by atoms with Crippen molar-refractivity contribution in [2.24, 2.45) is 4.99 Å². The molecule has 1 aliphatic rings. The molecule has 2 rings (SSSR count). The van der Waals surface area contributed by atoms with Gasteiger partial charge < -0.3 is 9.64 Å². The fraction of sp³-hybridized carbons (Fsp3) is 0.385. The molecule has 7 heteroatoms. The molecule has 108 valence electrons. The van der Waals surface area contributed by atoms with Crippen molar-refractivity contribution < 1.29 is 18.3 Å². The van der Waals surface area contributed by atoms with Gasteiger partial charge in [0.15, 0.2) is 11.6 Å². The summed E-state index contributed by atoms with van der Waals surface area (Å²) >= 11 is 0. The average Bonchev–Trinajstić information content (AvgIpc) is 2.75. The fourth-order valence-electron chi connectivity index (χ4n) is 1.99. The average molecular weight is 283 g/mol. The number of benzene rings is 1. The molecule has 0 spiro atoms. The Morgan fingerprint density at radius 3 is 2.90 bits per heavy atom. The monoisotopic (exact) mass is 283 g/mol. The smallest absolute Gasteiger partial charge is 0.413 e. The Hall–Kier alpha value is -2.18. The number of ether oxygens (including phenoxy) is 1. The zero-order valence-corrected chi connectivity index (χ0v) is 11.2. The number of halogens is 2. The molecule has 0 fully saturated rings. The van der Waals surface area contributed by atoms with Gasteiger partial charge >= 0.3 is 6.09 Å². The third kappa shape index (κ3) is 2.87. The van der Waals surface area contributed by atoms with Gasteiger partial charge in [0.1, 0.15) is 0 Å². The van der Waals surface area contributed by atoms with E-state index in [0.29, 0.717) is 18.1 Å². The Bertz CT molecular complexity index is 548. The number of alkyl carbamates (subject to hydrolysis) is 1. The van der Waals surface area contributed by atoms with Crippen molar-refractivity contribution in [1.29, 1.82) is 0 Å². The molecule has 0 saturated carbocycles. The molecule has 1 amide bonds. The van der Waals surface area contributed by atoms with Gasteiger partial charge in [-0.3, -0.25) is 10.3 Å². The maximum absolute atomic E-state index is 13.2. The number of guanidine groups is 1. The van der Waals surface area contributed by atoms with E-state index in [9.17, 15) is 13.6 Å². The summed E-state index contributed by atoms with van der Waals surface area (Å²) in [6, 6.07) is 3.47. The largest absolute Gasteiger partial charge is 0.450 e. The SMILES string of the molecule is CCOC(=O)NC1=NCC(c2ccc(F)c(F)c2)N1C. The van der Waals surface area contributed by atoms with Crippen LogP contribution in [0, 0.1) is 11.6 Å². The van der Waals surface area contributed by atoms with Crippen LogP contribution >= 0.6 is 0 Å². The van der Waals surface area contributed by atoms with E-state index < -0.39 is 17.7 Å². The molecule has 0 bridgehead atoms. The van der Waals surface area contributed by atoms with Crippen LogP contribution in [0.1, 0.15) is 18.5 Å². The molecule has 0 radical (unpaired) electrons. The lowest BCUT2D eigenvalue weighted by molar-refractivity contribution is 0.156. The number of carbonyl (C=O) groups is 1. The van der Waals surface area contributed by atoms with Crippen molar-refractivity contribution in [2.45, 2.75) is 13.0 Å². The molecule has 20 heavy (non-hydrogen) atoms. The highest BCUT2D eigenvalue weighted by molar-refractivity contribution is 5.94. The van der Waals surface area contributed by atoms with Gasteiger partial charge in [-0.05, 0) is 24.6 Å². The number of rotatable bonds is 2. The van der Waals surface area contributed by atoms with Gasteiger partial charge in [0.05, 0.1) is 19.2 Å². The van der Waals surface area contributed by atoms with Crippen LogP contribution in [-0.4, -0.2) is 37.2 Å². The van der Waals surface area contributed by atoms with E-state index in [1.54, 1.807) is 18.9 Å². The second-order valence-electron chi connectivity index (χ2n) is 4.31. The van der Waals surface area contributed by atoms with E-state index in [1.807, 2.05) is 0 Å². The van der Waals surface area contributed by atoms with E-state index in [4.69, 9.17) is 4.74 Å². The zero-order valence-electron chi connectivity index (χ0n) is 11.2. The van der Waals surface area contributed by atoms with Crippen LogP contribution in [0.2, 0.25) is 0 Å². The summed E-state index contributed by atoms with van der Waals surface area (Å²) in [5.41, 5.74) is 0.593. The molecule has 1 N–H and O–H groups in total. The van der Waals surface area contributed by atoms with Gasteiger partial charge in [0, 0.05) is 7.05 Å². The topological polar surface area (TPSA) is 53.9 Å². The van der Waals surface area contributed by atoms with E-state index in [0.717, 1.165) is 12.1 Å². The van der Waals surface area contributed by atoms with Crippen LogP contribution in [0.15, 0.2) is 23.2 Å². The van der Waals surface area contributed by atoms with Crippen LogP contribution in [0.3, 0.4) is 0 Å². The first-order valence-corrected chi connectivity index (χ1v) is 6.19. The number of carbonyl (C=O) groups excluding carboxylic acids is 1. The Morgan fingerprint density at radius 1 is 1.50 bits per heavy atom. The van der Waals surface area contributed by atoms with Crippen LogP contribution in [0.25, 0.3) is 0 Å². The summed E-state index contributed by atoms with van der Waals surface area (Å²) < 4.78 is 30.9. The minimum atomic E-state index is -0.900. The number of amides is 1. The second kappa shape index (κ2) is 5.85. The van der Waals surface area contributed by atoms with Gasteiger partial charge in [-0.2, -0.15) is 0 Å². The maximum Gasteiger partial charge on any atom is 0.413 e. The summed E-state index contributed by atoms with van der Waals surface area (Å²) in [7, 11) is 1.71. The lowest BCUT2D eigenvalue weighted by atomic mass is 10.1. The molecule has 1 heterocycles. The molecule has 0 aliphatic carbocycles. The van der Waals surface area contributed by atoms with Gasteiger partial charge in [-0.15, -0.1) is 0 Å². The number of hydrogen-bond acceptors (Lipinski definition) is 4. The summed E-state index contributed by atoms with van der Waals surface area (Å²) in [6.45, 7) is 2.31. The first kappa shape index (κ1) is 14.2. The number of hydrogen-bond donors (Lipinski definition) is 1. The van der Waals surface area contributed by atoms with Crippen molar-refractivity contribution in [3.63, 3.8) is 0 Å². The molecular weight excluding hydrogens is 268 g/mol. The summed E-state index contributed by atoms with van der Waals surface area (Å²) in [5, 5.41) is 2.50. The number of nitrogens with one attached hydrogen (secondary N) is 1. The summed E-state index contributed by atoms with van der Waals surface area (Å²) in [6.07, 6.45) is -0.593. The van der Waals surface area contributed by atoms with Crippen LogP contribution in [-0.2, 0) is 4.74 Å². The van der Waals surface area contributed by atoms with Crippen molar-refractivity contribution in [1.82, 2.24) is 10.2 Å². The third-order valence-corrected chi connectivity index (χ3v) is 3.03. The number of nitrogens with zero attached hydrogens (tertiary/aromatic N) is 2. The standard InChI is InChI=1S/C13H15F2N3O2/c1-3-20-13(19)17-12-16-7-11(18(12)2)8-4-5-9(14)10(15)6-8/h4-6,11H,3,7H2,1-2H3,(H,16,17,19). The number of aliphatic imine (C=N–C) groups is 1. The summed E-state index contributed by atoms with van der Waals surface area (Å²) in [5.74, 6) is -1.44. The molecule has 1 aromatic rings. The Morgan fingerprint density at radius 2 is 2.25 bits per heavy atom. The molecular formula is C13H15F2N3O2. The normalized spacial score (nSPS) is 17.9. The van der Waals surface area contributed by atoms with Crippen molar-refractivity contribution in [3.05, 3.63) is 35.4 Å². The molecule has 1 aliphatic heterocycles. The lowest BCUT2D eigenvalue weighted by Crippen LogP contribution is -2.40. The quantitative estimate of drug-likeness (QED) is 0.904. The number of likely N-dealkylation sites (N-methyl/N-ethyl adjacent to an activating group) is 1. The molecule has 0 saturated heterocycles. The molecule has 1 aromatic carbocycles. The van der Waals surface area contributed by atoms with E-state index in [1.165, 1.54) is 6.07 Å². The predicted molar refractivity (Wildman–Crippen MR) is 69.3 cm³/mol. The third-order valence-electron chi connectivity index (χ3n) is 3.03. The van der Waals surface area contributed by atoms with Gasteiger partial charge in [-0.1, -0.05) is 6.07 Å². The van der Waals surface area contributed by atoms with Gasteiger partial charge in [0.2, 0.25) is 5.96 Å². The Balaban J connectivity index is 2.07. The minimum absolute atomic E-state index is 0.248. The first-order chi connectivity index (χ1) is 9.52. The Kier molecular flexibility index (Phi) is 4.16. The minimum Gasteiger partial charge on any atom is -0.450 e. The second-order valence-corrected chi connectivity index (χ2v) is 4.31. The highest BCUT2D eigenvalue weighted by Crippen LogP contribution is 2.25. The van der Waals surface area contributed by atoms with Crippen molar-refractivity contribution in [2.75, 3.05) is 20.2 Å². The van der Waals surface area contributed by atoms with Crippen molar-refractivity contribution >= 4 is 12.1 Å². The van der Waals surface area contributed by atoms with Crippen LogP contribution in [0.5, 0.6) is 0 Å². The van der Waals surface area contributed by atoms with Crippen LogP contribution < -0.4 is 5.32 Å². The van der Waals surface area contributed by atoms with Gasteiger partial charge in [-0.25, -0.2) is 13.6 Å². The summed E-state index contributed by atoms with van der Waals surface area (Å²) in [4.78, 5) is 17.2. The molecule has 5 nitrogen and oxygen atoms in total. The fourth-order valence-corrected chi connectivity index (χ4v) is 1.99. The molecule has 0 aromatic heterocycles. The zero-order chi connectivity index (χ0) is 14.7. The predicted octanol–water partition coefficient (Wildman–Crippen LogP) is 2.05. The van der Waals surface area contributed by atoms with Gasteiger partial charge in [0.25, 0.3) is 0 Å². The van der Waals surface area contributed by atoms with Crippen LogP contribution in [0.4, 0.5) is 13.6 Å². The highest BCUT2D eigenvalue weighted by atomic mass is 19.2. The van der Waals surface area contributed by atoms with Crippen molar-refractivity contribution in [3.8, 4) is 0 Å². The lowest BCUT2D eigenvalue weighted by Gasteiger charge is -2.23. The molecule has 1 unspecified atom stereocenters. The van der Waals surface area contributed by atoms with E-state index in [2.05, 4.69) is 10.3 Å². The van der Waals surface area contributed by atoms with E-state index >= 15 is 0 Å². The first-order valence-electron chi connectivity index (χ1n) is 6.19. The molecule has 1 atom stereocenters. The highest BCUT2D eigenvalue weighted by Gasteiger charge is 2.27.